The van der Waals surface area contributed by atoms with Crippen LogP contribution < -0.4 is 0 Å². The topological polar surface area (TPSA) is 25.8 Å². The van der Waals surface area contributed by atoms with Crippen molar-refractivity contribution in [1.29, 1.82) is 0 Å². The summed E-state index contributed by atoms with van der Waals surface area (Å²) in [4.78, 5) is 8.87. The molecule has 1 aromatic carbocycles. The first kappa shape index (κ1) is 11.8. The van der Waals surface area contributed by atoms with Gasteiger partial charge in [0.2, 0.25) is 0 Å². The van der Waals surface area contributed by atoms with E-state index in [4.69, 9.17) is 0 Å². The van der Waals surface area contributed by atoms with Crippen LogP contribution in [0.1, 0.15) is 28.2 Å². The van der Waals surface area contributed by atoms with E-state index in [0.717, 1.165) is 17.2 Å². The highest BCUT2D eigenvalue weighted by molar-refractivity contribution is 5.68. The third-order valence-corrected chi connectivity index (χ3v) is 2.90. The number of aromatic nitrogens is 2. The minimum absolute atomic E-state index is 0.833. The van der Waals surface area contributed by atoms with Crippen molar-refractivity contribution in [2.75, 3.05) is 0 Å². The maximum atomic E-state index is 4.54. The Balaban J connectivity index is 2.68. The van der Waals surface area contributed by atoms with E-state index in [1.54, 1.807) is 0 Å². The van der Waals surface area contributed by atoms with E-state index in [0.29, 0.717) is 0 Å². The fourth-order valence-electron chi connectivity index (χ4n) is 2.43. The Kier molecular flexibility index (Phi) is 2.97. The number of nitrogens with zero attached hydrogens (tertiary/aromatic N) is 2. The summed E-state index contributed by atoms with van der Waals surface area (Å²) < 4.78 is 0. The zero-order valence-electron chi connectivity index (χ0n) is 11.1. The Morgan fingerprint density at radius 1 is 0.765 bits per heavy atom. The standard InChI is InChI=1S/C15H18N2/c1-9-6-10(2)15(11(3)7-9)14-8-12(4)16-13(5)17-14/h6-8H,1-5H3. The first-order valence-electron chi connectivity index (χ1n) is 5.88. The molecule has 0 unspecified atom stereocenters. The minimum Gasteiger partial charge on any atom is -0.239 e. The molecule has 0 saturated carbocycles. The lowest BCUT2D eigenvalue weighted by molar-refractivity contribution is 1.01. The van der Waals surface area contributed by atoms with Crippen LogP contribution >= 0.6 is 0 Å². The van der Waals surface area contributed by atoms with E-state index in [-0.39, 0.29) is 0 Å². The SMILES string of the molecule is Cc1cc(C)c(-c2cc(C)nc(C)n2)c(C)c1. The van der Waals surface area contributed by atoms with Gasteiger partial charge < -0.3 is 0 Å². The molecule has 2 nitrogen and oxygen atoms in total. The van der Waals surface area contributed by atoms with Gasteiger partial charge in [0, 0.05) is 11.3 Å². The van der Waals surface area contributed by atoms with Crippen molar-refractivity contribution in [2.45, 2.75) is 34.6 Å². The smallest absolute Gasteiger partial charge is 0.126 e. The Hall–Kier alpha value is -1.70. The van der Waals surface area contributed by atoms with Crippen LogP contribution in [0.5, 0.6) is 0 Å². The van der Waals surface area contributed by atoms with Crippen LogP contribution in [0.2, 0.25) is 0 Å². The van der Waals surface area contributed by atoms with Crippen LogP contribution in [0.3, 0.4) is 0 Å². The molecule has 0 radical (unpaired) electrons. The van der Waals surface area contributed by atoms with Crippen LogP contribution in [0, 0.1) is 34.6 Å². The highest BCUT2D eigenvalue weighted by Gasteiger charge is 2.09. The molecule has 1 aromatic heterocycles. The zero-order valence-corrected chi connectivity index (χ0v) is 11.1. The molecule has 88 valence electrons. The molecule has 0 fully saturated rings. The van der Waals surface area contributed by atoms with E-state index in [1.807, 2.05) is 13.8 Å². The Morgan fingerprint density at radius 2 is 1.35 bits per heavy atom. The maximum Gasteiger partial charge on any atom is 0.126 e. The van der Waals surface area contributed by atoms with Gasteiger partial charge in [0.15, 0.2) is 0 Å². The normalized spacial score (nSPS) is 10.6. The van der Waals surface area contributed by atoms with Crippen LogP contribution in [-0.2, 0) is 0 Å². The largest absolute Gasteiger partial charge is 0.239 e. The van der Waals surface area contributed by atoms with Crippen molar-refractivity contribution in [3.63, 3.8) is 0 Å². The number of hydrogen-bond donors (Lipinski definition) is 0. The van der Waals surface area contributed by atoms with E-state index in [2.05, 4.69) is 48.9 Å². The lowest BCUT2D eigenvalue weighted by Crippen LogP contribution is -1.97. The Bertz CT molecular complexity index is 528. The van der Waals surface area contributed by atoms with Crippen molar-refractivity contribution < 1.29 is 0 Å². The predicted octanol–water partition coefficient (Wildman–Crippen LogP) is 3.69. The molecule has 0 amide bonds. The molecule has 2 rings (SSSR count). The van der Waals surface area contributed by atoms with Crippen molar-refractivity contribution in [1.82, 2.24) is 9.97 Å². The summed E-state index contributed by atoms with van der Waals surface area (Å²) in [6.07, 6.45) is 0. The fraction of sp³-hybridized carbons (Fsp3) is 0.333. The summed E-state index contributed by atoms with van der Waals surface area (Å²) in [6, 6.07) is 6.46. The molecule has 2 heteroatoms. The zero-order chi connectivity index (χ0) is 12.6. The molecule has 0 bridgehead atoms. The van der Waals surface area contributed by atoms with Crippen molar-refractivity contribution in [3.8, 4) is 11.3 Å². The van der Waals surface area contributed by atoms with Crippen LogP contribution in [0.15, 0.2) is 18.2 Å². The van der Waals surface area contributed by atoms with Gasteiger partial charge in [-0.3, -0.25) is 0 Å². The highest BCUT2D eigenvalue weighted by atomic mass is 14.9. The molecule has 0 saturated heterocycles. The van der Waals surface area contributed by atoms with Crippen LogP contribution in [0.4, 0.5) is 0 Å². The van der Waals surface area contributed by atoms with Crippen molar-refractivity contribution in [2.24, 2.45) is 0 Å². The third-order valence-electron chi connectivity index (χ3n) is 2.90. The second-order valence-electron chi connectivity index (χ2n) is 4.72. The molecule has 0 spiro atoms. The van der Waals surface area contributed by atoms with E-state index < -0.39 is 0 Å². The van der Waals surface area contributed by atoms with Gasteiger partial charge in [0.1, 0.15) is 5.82 Å². The first-order valence-corrected chi connectivity index (χ1v) is 5.88. The molecular formula is C15H18N2. The number of benzene rings is 1. The van der Waals surface area contributed by atoms with Gasteiger partial charge in [0.25, 0.3) is 0 Å². The van der Waals surface area contributed by atoms with Gasteiger partial charge in [-0.1, -0.05) is 17.7 Å². The molecular weight excluding hydrogens is 208 g/mol. The Labute approximate surface area is 103 Å². The minimum atomic E-state index is 0.833. The number of aryl methyl sites for hydroxylation is 5. The third kappa shape index (κ3) is 2.36. The highest BCUT2D eigenvalue weighted by Crippen LogP contribution is 2.27. The van der Waals surface area contributed by atoms with E-state index in [9.17, 15) is 0 Å². The number of rotatable bonds is 1. The average molecular weight is 226 g/mol. The van der Waals surface area contributed by atoms with Crippen LogP contribution in [-0.4, -0.2) is 9.97 Å². The summed E-state index contributed by atoms with van der Waals surface area (Å²) in [5.41, 5.74) is 7.15. The summed E-state index contributed by atoms with van der Waals surface area (Å²) >= 11 is 0. The average Bonchev–Trinajstić information content (AvgIpc) is 2.13. The first-order chi connectivity index (χ1) is 7.97. The lowest BCUT2D eigenvalue weighted by atomic mass is 9.97. The second-order valence-corrected chi connectivity index (χ2v) is 4.72. The molecule has 0 aliphatic heterocycles. The van der Waals surface area contributed by atoms with E-state index >= 15 is 0 Å². The molecule has 0 N–H and O–H groups in total. The van der Waals surface area contributed by atoms with Crippen LogP contribution in [0.25, 0.3) is 11.3 Å². The maximum absolute atomic E-state index is 4.54. The Morgan fingerprint density at radius 3 is 1.88 bits per heavy atom. The summed E-state index contributed by atoms with van der Waals surface area (Å²) in [6.45, 7) is 10.4. The van der Waals surface area contributed by atoms with Gasteiger partial charge in [-0.2, -0.15) is 0 Å². The van der Waals surface area contributed by atoms with Crippen molar-refractivity contribution >= 4 is 0 Å². The fourth-order valence-corrected chi connectivity index (χ4v) is 2.43. The van der Waals surface area contributed by atoms with Crippen molar-refractivity contribution in [3.05, 3.63) is 46.4 Å². The van der Waals surface area contributed by atoms with Gasteiger partial charge in [0.05, 0.1) is 5.69 Å². The summed E-state index contributed by atoms with van der Waals surface area (Å²) in [5.74, 6) is 0.833. The van der Waals surface area contributed by atoms with E-state index in [1.165, 1.54) is 22.3 Å². The molecule has 2 aromatic rings. The molecule has 1 heterocycles. The predicted molar refractivity (Wildman–Crippen MR) is 71.2 cm³/mol. The molecule has 0 atom stereocenters. The summed E-state index contributed by atoms with van der Waals surface area (Å²) in [7, 11) is 0. The molecule has 0 aliphatic rings. The van der Waals surface area contributed by atoms with Gasteiger partial charge in [-0.15, -0.1) is 0 Å². The lowest BCUT2D eigenvalue weighted by Gasteiger charge is -2.11. The summed E-state index contributed by atoms with van der Waals surface area (Å²) in [5, 5.41) is 0. The van der Waals surface area contributed by atoms with Gasteiger partial charge >= 0.3 is 0 Å². The monoisotopic (exact) mass is 226 g/mol. The number of hydrogen-bond acceptors (Lipinski definition) is 2. The molecule has 17 heavy (non-hydrogen) atoms. The second kappa shape index (κ2) is 4.28. The quantitative estimate of drug-likeness (QED) is 0.741. The van der Waals surface area contributed by atoms with Gasteiger partial charge in [-0.25, -0.2) is 9.97 Å². The van der Waals surface area contributed by atoms with Gasteiger partial charge in [-0.05, 0) is 51.8 Å². The molecule has 0 aliphatic carbocycles.